The Morgan fingerprint density at radius 2 is 2.00 bits per heavy atom. The SMILES string of the molecule is Cc1cc(C)c(C)c(OCc2ccc(C(=O)O)o2)c1. The van der Waals surface area contributed by atoms with Gasteiger partial charge in [-0.05, 0) is 55.7 Å². The molecule has 2 aromatic rings. The van der Waals surface area contributed by atoms with E-state index in [-0.39, 0.29) is 12.4 Å². The van der Waals surface area contributed by atoms with Crippen molar-refractivity contribution in [2.24, 2.45) is 0 Å². The van der Waals surface area contributed by atoms with Crippen LogP contribution in [-0.2, 0) is 6.61 Å². The summed E-state index contributed by atoms with van der Waals surface area (Å²) in [5.41, 5.74) is 3.38. The first-order valence-corrected chi connectivity index (χ1v) is 6.00. The zero-order valence-corrected chi connectivity index (χ0v) is 11.2. The van der Waals surface area contributed by atoms with E-state index < -0.39 is 5.97 Å². The molecular formula is C15H16O4. The first kappa shape index (κ1) is 13.2. The van der Waals surface area contributed by atoms with Gasteiger partial charge in [-0.2, -0.15) is 0 Å². The average Bonchev–Trinajstić information content (AvgIpc) is 2.81. The van der Waals surface area contributed by atoms with Crippen molar-refractivity contribution in [2.45, 2.75) is 27.4 Å². The van der Waals surface area contributed by atoms with Gasteiger partial charge in [-0.15, -0.1) is 0 Å². The average molecular weight is 260 g/mol. The van der Waals surface area contributed by atoms with Crippen molar-refractivity contribution in [1.82, 2.24) is 0 Å². The lowest BCUT2D eigenvalue weighted by atomic mass is 10.1. The van der Waals surface area contributed by atoms with Crippen LogP contribution in [0.5, 0.6) is 5.75 Å². The fraction of sp³-hybridized carbons (Fsp3) is 0.267. The van der Waals surface area contributed by atoms with Crippen molar-refractivity contribution >= 4 is 5.97 Å². The number of furan rings is 1. The Bertz CT molecular complexity index is 611. The number of rotatable bonds is 4. The lowest BCUT2D eigenvalue weighted by Crippen LogP contribution is -1.98. The van der Waals surface area contributed by atoms with E-state index in [9.17, 15) is 4.79 Å². The minimum Gasteiger partial charge on any atom is -0.485 e. The summed E-state index contributed by atoms with van der Waals surface area (Å²) in [4.78, 5) is 10.7. The normalized spacial score (nSPS) is 10.5. The quantitative estimate of drug-likeness (QED) is 0.914. The van der Waals surface area contributed by atoms with Crippen molar-refractivity contribution in [3.05, 3.63) is 52.5 Å². The van der Waals surface area contributed by atoms with Gasteiger partial charge in [-0.1, -0.05) is 6.07 Å². The Labute approximate surface area is 111 Å². The van der Waals surface area contributed by atoms with Crippen LogP contribution in [0.2, 0.25) is 0 Å². The standard InChI is InChI=1S/C15H16O4/c1-9-6-10(2)11(3)14(7-9)18-8-12-4-5-13(19-12)15(16)17/h4-7H,8H2,1-3H3,(H,16,17). The van der Waals surface area contributed by atoms with Gasteiger partial charge >= 0.3 is 5.97 Å². The molecule has 0 unspecified atom stereocenters. The molecule has 1 aromatic carbocycles. The number of carboxylic acids is 1. The monoisotopic (exact) mass is 260 g/mol. The van der Waals surface area contributed by atoms with Crippen LogP contribution < -0.4 is 4.74 Å². The van der Waals surface area contributed by atoms with Crippen LogP contribution in [0.4, 0.5) is 0 Å². The third-order valence-electron chi connectivity index (χ3n) is 3.01. The third kappa shape index (κ3) is 2.96. The van der Waals surface area contributed by atoms with Gasteiger partial charge in [0.05, 0.1) is 0 Å². The molecule has 0 saturated heterocycles. The molecule has 0 aliphatic heterocycles. The van der Waals surface area contributed by atoms with E-state index in [2.05, 4.69) is 6.07 Å². The molecule has 0 atom stereocenters. The van der Waals surface area contributed by atoms with E-state index in [1.54, 1.807) is 6.07 Å². The zero-order valence-electron chi connectivity index (χ0n) is 11.2. The van der Waals surface area contributed by atoms with Gasteiger partial charge in [0, 0.05) is 0 Å². The Morgan fingerprint density at radius 1 is 1.26 bits per heavy atom. The summed E-state index contributed by atoms with van der Waals surface area (Å²) in [5, 5.41) is 8.77. The number of ether oxygens (including phenoxy) is 1. The maximum absolute atomic E-state index is 10.7. The zero-order chi connectivity index (χ0) is 14.0. The van der Waals surface area contributed by atoms with E-state index in [0.717, 1.165) is 16.9 Å². The fourth-order valence-corrected chi connectivity index (χ4v) is 1.87. The molecule has 0 bridgehead atoms. The maximum Gasteiger partial charge on any atom is 0.371 e. The lowest BCUT2D eigenvalue weighted by molar-refractivity contribution is 0.0658. The lowest BCUT2D eigenvalue weighted by Gasteiger charge is -2.11. The van der Waals surface area contributed by atoms with Crippen molar-refractivity contribution in [1.29, 1.82) is 0 Å². The van der Waals surface area contributed by atoms with E-state index in [1.807, 2.05) is 26.8 Å². The number of hydrogen-bond acceptors (Lipinski definition) is 3. The van der Waals surface area contributed by atoms with Gasteiger partial charge in [0.2, 0.25) is 5.76 Å². The summed E-state index contributed by atoms with van der Waals surface area (Å²) in [7, 11) is 0. The van der Waals surface area contributed by atoms with Gasteiger partial charge in [0.1, 0.15) is 18.1 Å². The van der Waals surface area contributed by atoms with Crippen molar-refractivity contribution in [2.75, 3.05) is 0 Å². The van der Waals surface area contributed by atoms with E-state index >= 15 is 0 Å². The summed E-state index contributed by atoms with van der Waals surface area (Å²) in [6, 6.07) is 7.10. The third-order valence-corrected chi connectivity index (χ3v) is 3.01. The molecule has 0 saturated carbocycles. The second kappa shape index (κ2) is 5.18. The minimum absolute atomic E-state index is 0.0734. The largest absolute Gasteiger partial charge is 0.485 e. The molecule has 0 fully saturated rings. The van der Waals surface area contributed by atoms with Crippen LogP contribution in [0.15, 0.2) is 28.7 Å². The molecular weight excluding hydrogens is 244 g/mol. The Kier molecular flexibility index (Phi) is 3.60. The molecule has 0 aliphatic carbocycles. The van der Waals surface area contributed by atoms with Crippen LogP contribution in [0, 0.1) is 20.8 Å². The number of carbonyl (C=O) groups is 1. The highest BCUT2D eigenvalue weighted by molar-refractivity contribution is 5.84. The van der Waals surface area contributed by atoms with Gasteiger partial charge in [0.25, 0.3) is 0 Å². The minimum atomic E-state index is -1.08. The molecule has 2 rings (SSSR count). The van der Waals surface area contributed by atoms with Crippen LogP contribution >= 0.6 is 0 Å². The van der Waals surface area contributed by atoms with Crippen LogP contribution in [0.25, 0.3) is 0 Å². The smallest absolute Gasteiger partial charge is 0.371 e. The number of benzene rings is 1. The molecule has 19 heavy (non-hydrogen) atoms. The van der Waals surface area contributed by atoms with Crippen molar-refractivity contribution in [3.63, 3.8) is 0 Å². The van der Waals surface area contributed by atoms with Crippen LogP contribution in [0.3, 0.4) is 0 Å². The van der Waals surface area contributed by atoms with Gasteiger partial charge in [-0.25, -0.2) is 4.79 Å². The molecule has 1 aromatic heterocycles. The molecule has 1 heterocycles. The number of aromatic carboxylic acids is 1. The van der Waals surface area contributed by atoms with E-state index in [1.165, 1.54) is 11.6 Å². The summed E-state index contributed by atoms with van der Waals surface area (Å²) in [6.45, 7) is 6.26. The highest BCUT2D eigenvalue weighted by atomic mass is 16.5. The number of carboxylic acid groups (broad SMARTS) is 1. The molecule has 4 nitrogen and oxygen atoms in total. The Hall–Kier alpha value is -2.23. The van der Waals surface area contributed by atoms with Gasteiger partial charge in [0.15, 0.2) is 0 Å². The van der Waals surface area contributed by atoms with E-state index in [0.29, 0.717) is 5.76 Å². The predicted octanol–water partition coefficient (Wildman–Crippen LogP) is 3.48. The predicted molar refractivity (Wildman–Crippen MR) is 70.7 cm³/mol. The van der Waals surface area contributed by atoms with E-state index in [4.69, 9.17) is 14.3 Å². The topological polar surface area (TPSA) is 59.7 Å². The molecule has 0 aliphatic rings. The summed E-state index contributed by atoms with van der Waals surface area (Å²) in [6.07, 6.45) is 0. The second-order valence-corrected chi connectivity index (χ2v) is 4.56. The van der Waals surface area contributed by atoms with Gasteiger partial charge in [-0.3, -0.25) is 0 Å². The summed E-state index contributed by atoms with van der Waals surface area (Å²) in [5.74, 6) is 0.145. The first-order chi connectivity index (χ1) is 8.97. The molecule has 0 radical (unpaired) electrons. The summed E-state index contributed by atoms with van der Waals surface area (Å²) >= 11 is 0. The molecule has 0 spiro atoms. The highest BCUT2D eigenvalue weighted by Gasteiger charge is 2.10. The van der Waals surface area contributed by atoms with Crippen molar-refractivity contribution < 1.29 is 19.1 Å². The van der Waals surface area contributed by atoms with Crippen molar-refractivity contribution in [3.8, 4) is 5.75 Å². The molecule has 100 valence electrons. The molecule has 4 heteroatoms. The number of aryl methyl sites for hydroxylation is 2. The maximum atomic E-state index is 10.7. The number of hydrogen-bond donors (Lipinski definition) is 1. The Morgan fingerprint density at radius 3 is 2.63 bits per heavy atom. The molecule has 1 N–H and O–H groups in total. The highest BCUT2D eigenvalue weighted by Crippen LogP contribution is 2.24. The first-order valence-electron chi connectivity index (χ1n) is 6.00. The van der Waals surface area contributed by atoms with Crippen LogP contribution in [0.1, 0.15) is 33.0 Å². The Balaban J connectivity index is 2.12. The van der Waals surface area contributed by atoms with Crippen LogP contribution in [-0.4, -0.2) is 11.1 Å². The molecule has 0 amide bonds. The second-order valence-electron chi connectivity index (χ2n) is 4.56. The fourth-order valence-electron chi connectivity index (χ4n) is 1.87. The summed E-state index contributed by atoms with van der Waals surface area (Å²) < 4.78 is 10.8. The van der Waals surface area contributed by atoms with Gasteiger partial charge < -0.3 is 14.3 Å².